The van der Waals surface area contributed by atoms with Crippen molar-refractivity contribution < 1.29 is 9.18 Å². The second-order valence-corrected chi connectivity index (χ2v) is 6.09. The number of benzene rings is 2. The topological polar surface area (TPSA) is 54.0 Å². The number of carbonyl (C=O) groups excluding carboxylic acids is 1. The molecule has 1 amide bonds. The SMILES string of the molecule is O=C(NCc1ccc(F)cc1)c1ccc(NCc2ccccc2Cl)cn1. The van der Waals surface area contributed by atoms with E-state index in [1.807, 2.05) is 24.3 Å². The lowest BCUT2D eigenvalue weighted by Gasteiger charge is -2.09. The molecule has 132 valence electrons. The van der Waals surface area contributed by atoms with E-state index in [-0.39, 0.29) is 11.7 Å². The third-order valence-corrected chi connectivity index (χ3v) is 4.17. The highest BCUT2D eigenvalue weighted by molar-refractivity contribution is 6.31. The zero-order chi connectivity index (χ0) is 18.4. The molecule has 0 fully saturated rings. The van der Waals surface area contributed by atoms with Crippen molar-refractivity contribution >= 4 is 23.2 Å². The predicted octanol–water partition coefficient (Wildman–Crippen LogP) is 4.42. The first-order chi connectivity index (χ1) is 12.6. The molecule has 0 aliphatic carbocycles. The van der Waals surface area contributed by atoms with E-state index in [4.69, 9.17) is 11.6 Å². The molecule has 0 saturated heterocycles. The largest absolute Gasteiger partial charge is 0.380 e. The van der Waals surface area contributed by atoms with Crippen LogP contribution in [-0.2, 0) is 13.1 Å². The quantitative estimate of drug-likeness (QED) is 0.676. The molecule has 4 nitrogen and oxygen atoms in total. The van der Waals surface area contributed by atoms with E-state index < -0.39 is 0 Å². The Morgan fingerprint density at radius 1 is 1.00 bits per heavy atom. The van der Waals surface area contributed by atoms with Gasteiger partial charge in [0.05, 0.1) is 11.9 Å². The molecule has 0 aliphatic rings. The van der Waals surface area contributed by atoms with Gasteiger partial charge in [0.2, 0.25) is 0 Å². The molecule has 6 heteroatoms. The Bertz CT molecular complexity index is 882. The summed E-state index contributed by atoms with van der Waals surface area (Å²) in [5.41, 5.74) is 2.91. The zero-order valence-electron chi connectivity index (χ0n) is 13.9. The molecule has 0 atom stereocenters. The van der Waals surface area contributed by atoms with Gasteiger partial charge in [-0.3, -0.25) is 4.79 Å². The summed E-state index contributed by atoms with van der Waals surface area (Å²) < 4.78 is 12.9. The van der Waals surface area contributed by atoms with Gasteiger partial charge in [0.1, 0.15) is 11.5 Å². The number of rotatable bonds is 6. The maximum absolute atomic E-state index is 12.9. The minimum atomic E-state index is -0.304. The maximum Gasteiger partial charge on any atom is 0.270 e. The normalized spacial score (nSPS) is 10.4. The van der Waals surface area contributed by atoms with Crippen LogP contribution in [0.3, 0.4) is 0 Å². The van der Waals surface area contributed by atoms with Crippen LogP contribution >= 0.6 is 11.6 Å². The molecule has 1 aromatic heterocycles. The number of amides is 1. The molecule has 0 aliphatic heterocycles. The first-order valence-corrected chi connectivity index (χ1v) is 8.45. The molecule has 2 N–H and O–H groups in total. The molecule has 2 aromatic carbocycles. The van der Waals surface area contributed by atoms with Crippen LogP contribution < -0.4 is 10.6 Å². The molecule has 0 bridgehead atoms. The Hall–Kier alpha value is -2.92. The average molecular weight is 370 g/mol. The van der Waals surface area contributed by atoms with Crippen LogP contribution in [-0.4, -0.2) is 10.9 Å². The molecule has 3 rings (SSSR count). The summed E-state index contributed by atoms with van der Waals surface area (Å²) in [5.74, 6) is -0.589. The fourth-order valence-electron chi connectivity index (χ4n) is 2.35. The maximum atomic E-state index is 12.9. The van der Waals surface area contributed by atoms with E-state index >= 15 is 0 Å². The first kappa shape index (κ1) is 17.9. The van der Waals surface area contributed by atoms with Crippen molar-refractivity contribution in [2.24, 2.45) is 0 Å². The number of aromatic nitrogens is 1. The summed E-state index contributed by atoms with van der Waals surface area (Å²) in [6.45, 7) is 0.880. The smallest absolute Gasteiger partial charge is 0.270 e. The fraction of sp³-hybridized carbons (Fsp3) is 0.100. The average Bonchev–Trinajstić information content (AvgIpc) is 2.67. The lowest BCUT2D eigenvalue weighted by molar-refractivity contribution is 0.0946. The van der Waals surface area contributed by atoms with Crippen LogP contribution in [0.2, 0.25) is 5.02 Å². The molecule has 1 heterocycles. The van der Waals surface area contributed by atoms with Gasteiger partial charge in [-0.2, -0.15) is 0 Å². The number of carbonyl (C=O) groups is 1. The highest BCUT2D eigenvalue weighted by Crippen LogP contribution is 2.16. The zero-order valence-corrected chi connectivity index (χ0v) is 14.6. The van der Waals surface area contributed by atoms with Crippen LogP contribution in [0, 0.1) is 5.82 Å². The summed E-state index contributed by atoms with van der Waals surface area (Å²) in [4.78, 5) is 16.3. The van der Waals surface area contributed by atoms with Gasteiger partial charge in [-0.15, -0.1) is 0 Å². The van der Waals surface area contributed by atoms with Gasteiger partial charge in [-0.05, 0) is 41.5 Å². The minimum absolute atomic E-state index is 0.285. The standard InChI is InChI=1S/C20H17ClFN3O/c21-18-4-2-1-3-15(18)12-23-17-9-10-19(24-13-17)20(26)25-11-14-5-7-16(22)8-6-14/h1-10,13,23H,11-12H2,(H,25,26). The number of hydrogen-bond acceptors (Lipinski definition) is 3. The van der Waals surface area contributed by atoms with Crippen LogP contribution in [0.1, 0.15) is 21.6 Å². The molecule has 3 aromatic rings. The molecule has 0 saturated carbocycles. The van der Waals surface area contributed by atoms with Gasteiger partial charge in [0.25, 0.3) is 5.91 Å². The van der Waals surface area contributed by atoms with Crippen molar-refractivity contribution in [2.45, 2.75) is 13.1 Å². The van der Waals surface area contributed by atoms with Crippen molar-refractivity contribution in [1.29, 1.82) is 0 Å². The fourth-order valence-corrected chi connectivity index (χ4v) is 2.55. The van der Waals surface area contributed by atoms with Gasteiger partial charge >= 0.3 is 0 Å². The summed E-state index contributed by atoms with van der Waals surface area (Å²) in [6, 6.07) is 17.0. The van der Waals surface area contributed by atoms with Crippen LogP contribution in [0.4, 0.5) is 10.1 Å². The van der Waals surface area contributed by atoms with Gasteiger partial charge < -0.3 is 10.6 Å². The van der Waals surface area contributed by atoms with E-state index in [1.54, 1.807) is 30.5 Å². The number of nitrogens with zero attached hydrogens (tertiary/aromatic N) is 1. The predicted molar refractivity (Wildman–Crippen MR) is 101 cm³/mol. The van der Waals surface area contributed by atoms with Gasteiger partial charge in [-0.1, -0.05) is 41.9 Å². The lowest BCUT2D eigenvalue weighted by Crippen LogP contribution is -2.23. The Morgan fingerprint density at radius 3 is 2.46 bits per heavy atom. The second-order valence-electron chi connectivity index (χ2n) is 5.69. The molecule has 0 unspecified atom stereocenters. The van der Waals surface area contributed by atoms with Gasteiger partial charge in [0.15, 0.2) is 0 Å². The van der Waals surface area contributed by atoms with Gasteiger partial charge in [0, 0.05) is 18.1 Å². The Balaban J connectivity index is 1.54. The van der Waals surface area contributed by atoms with Crippen molar-refractivity contribution in [3.05, 3.63) is 94.5 Å². The van der Waals surface area contributed by atoms with E-state index in [2.05, 4.69) is 15.6 Å². The van der Waals surface area contributed by atoms with Crippen molar-refractivity contribution in [3.63, 3.8) is 0 Å². The van der Waals surface area contributed by atoms with Gasteiger partial charge in [-0.25, -0.2) is 9.37 Å². The van der Waals surface area contributed by atoms with E-state index in [0.29, 0.717) is 23.8 Å². The monoisotopic (exact) mass is 369 g/mol. The number of nitrogens with one attached hydrogen (secondary N) is 2. The third-order valence-electron chi connectivity index (χ3n) is 3.80. The summed E-state index contributed by atoms with van der Waals surface area (Å²) in [7, 11) is 0. The summed E-state index contributed by atoms with van der Waals surface area (Å²) in [6.07, 6.45) is 1.60. The van der Waals surface area contributed by atoms with Crippen LogP contribution in [0.25, 0.3) is 0 Å². The lowest BCUT2D eigenvalue weighted by atomic mass is 10.2. The van der Waals surface area contributed by atoms with Crippen LogP contribution in [0.5, 0.6) is 0 Å². The van der Waals surface area contributed by atoms with E-state index in [0.717, 1.165) is 16.8 Å². The van der Waals surface area contributed by atoms with Crippen LogP contribution in [0.15, 0.2) is 66.9 Å². The molecule has 0 radical (unpaired) electrons. The first-order valence-electron chi connectivity index (χ1n) is 8.08. The Kier molecular flexibility index (Phi) is 5.81. The summed E-state index contributed by atoms with van der Waals surface area (Å²) in [5, 5.41) is 6.67. The van der Waals surface area contributed by atoms with Crippen molar-refractivity contribution in [2.75, 3.05) is 5.32 Å². The highest BCUT2D eigenvalue weighted by atomic mass is 35.5. The summed E-state index contributed by atoms with van der Waals surface area (Å²) >= 11 is 6.12. The molecular weight excluding hydrogens is 353 g/mol. The Morgan fingerprint density at radius 2 is 1.77 bits per heavy atom. The second kappa shape index (κ2) is 8.45. The number of anilines is 1. The van der Waals surface area contributed by atoms with Crippen molar-refractivity contribution in [1.82, 2.24) is 10.3 Å². The Labute approximate surface area is 156 Å². The third kappa shape index (κ3) is 4.80. The number of pyridine rings is 1. The molecule has 26 heavy (non-hydrogen) atoms. The van der Waals surface area contributed by atoms with E-state index in [1.165, 1.54) is 12.1 Å². The highest BCUT2D eigenvalue weighted by Gasteiger charge is 2.07. The van der Waals surface area contributed by atoms with Crippen molar-refractivity contribution in [3.8, 4) is 0 Å². The number of halogens is 2. The van der Waals surface area contributed by atoms with E-state index in [9.17, 15) is 9.18 Å². The number of hydrogen-bond donors (Lipinski definition) is 2. The minimum Gasteiger partial charge on any atom is -0.380 e. The molecular formula is C20H17ClFN3O. The molecule has 0 spiro atoms.